The molecule has 0 spiro atoms. The number of aliphatic carboxylic acids is 1. The van der Waals surface area contributed by atoms with Crippen molar-refractivity contribution in [3.63, 3.8) is 0 Å². The summed E-state index contributed by atoms with van der Waals surface area (Å²) in [6, 6.07) is 0. The Morgan fingerprint density at radius 1 is 1.69 bits per heavy atom. The standard InChI is InChI=1S/C8H12O4S/c1-8(2,7(10)11)13-5-3-4-12-6(5)9/h5H,3-4H2,1-2H3,(H,10,11). The van der Waals surface area contributed by atoms with E-state index in [2.05, 4.69) is 0 Å². The van der Waals surface area contributed by atoms with Crippen LogP contribution in [-0.2, 0) is 14.3 Å². The number of esters is 1. The molecule has 0 saturated carbocycles. The molecule has 0 aromatic heterocycles. The molecule has 1 atom stereocenters. The first-order valence-electron chi connectivity index (χ1n) is 4.01. The van der Waals surface area contributed by atoms with Crippen molar-refractivity contribution in [1.29, 1.82) is 0 Å². The highest BCUT2D eigenvalue weighted by molar-refractivity contribution is 8.02. The molecule has 1 saturated heterocycles. The van der Waals surface area contributed by atoms with Crippen LogP contribution in [0.4, 0.5) is 0 Å². The van der Waals surface area contributed by atoms with Crippen molar-refractivity contribution >= 4 is 23.7 Å². The molecule has 1 aliphatic rings. The van der Waals surface area contributed by atoms with Crippen LogP contribution in [0, 0.1) is 0 Å². The number of rotatable bonds is 3. The Kier molecular flexibility index (Phi) is 2.85. The van der Waals surface area contributed by atoms with E-state index in [1.54, 1.807) is 13.8 Å². The second-order valence-corrected chi connectivity index (χ2v) is 5.20. The van der Waals surface area contributed by atoms with Crippen molar-refractivity contribution in [3.05, 3.63) is 0 Å². The van der Waals surface area contributed by atoms with E-state index in [1.165, 1.54) is 0 Å². The van der Waals surface area contributed by atoms with Crippen molar-refractivity contribution in [3.8, 4) is 0 Å². The average Bonchev–Trinajstić information content (AvgIpc) is 2.35. The lowest BCUT2D eigenvalue weighted by molar-refractivity contribution is -0.138. The number of carboxylic acids is 1. The van der Waals surface area contributed by atoms with Gasteiger partial charge in [0, 0.05) is 6.42 Å². The summed E-state index contributed by atoms with van der Waals surface area (Å²) in [4.78, 5) is 21.8. The molecule has 1 heterocycles. The first-order valence-corrected chi connectivity index (χ1v) is 4.89. The number of thioether (sulfide) groups is 1. The fraction of sp³-hybridized carbons (Fsp3) is 0.750. The molecule has 1 N–H and O–H groups in total. The number of carbonyl (C=O) groups is 2. The zero-order chi connectivity index (χ0) is 10.1. The lowest BCUT2D eigenvalue weighted by Crippen LogP contribution is -2.31. The van der Waals surface area contributed by atoms with E-state index in [0.29, 0.717) is 13.0 Å². The fourth-order valence-corrected chi connectivity index (χ4v) is 2.18. The summed E-state index contributed by atoms with van der Waals surface area (Å²) in [6.45, 7) is 3.59. The molecule has 0 aromatic carbocycles. The Morgan fingerprint density at radius 2 is 2.31 bits per heavy atom. The summed E-state index contributed by atoms with van der Waals surface area (Å²) in [5.74, 6) is -1.20. The minimum absolute atomic E-state index is 0.292. The summed E-state index contributed by atoms with van der Waals surface area (Å²) in [5.41, 5.74) is 0. The molecular formula is C8H12O4S. The zero-order valence-electron chi connectivity index (χ0n) is 7.57. The SMILES string of the molecule is CC(C)(SC1CCOC1=O)C(=O)O. The number of carboxylic acid groups (broad SMARTS) is 1. The molecule has 0 amide bonds. The predicted molar refractivity (Wildman–Crippen MR) is 48.7 cm³/mol. The summed E-state index contributed by atoms with van der Waals surface area (Å²) >= 11 is 1.15. The van der Waals surface area contributed by atoms with Gasteiger partial charge in [0.05, 0.1) is 6.61 Å². The quantitative estimate of drug-likeness (QED) is 0.692. The molecule has 0 radical (unpaired) electrons. The van der Waals surface area contributed by atoms with E-state index in [4.69, 9.17) is 9.84 Å². The minimum Gasteiger partial charge on any atom is -0.480 e. The van der Waals surface area contributed by atoms with Crippen LogP contribution in [0.15, 0.2) is 0 Å². The van der Waals surface area contributed by atoms with Crippen molar-refractivity contribution in [2.45, 2.75) is 30.3 Å². The maximum Gasteiger partial charge on any atom is 0.319 e. The van der Waals surface area contributed by atoms with E-state index in [-0.39, 0.29) is 11.2 Å². The molecule has 1 fully saturated rings. The molecule has 0 aliphatic carbocycles. The van der Waals surface area contributed by atoms with Gasteiger partial charge in [-0.05, 0) is 13.8 Å². The van der Waals surface area contributed by atoms with Crippen molar-refractivity contribution < 1.29 is 19.4 Å². The van der Waals surface area contributed by atoms with Crippen LogP contribution in [0.2, 0.25) is 0 Å². The first kappa shape index (κ1) is 10.4. The monoisotopic (exact) mass is 204 g/mol. The van der Waals surface area contributed by atoms with E-state index in [9.17, 15) is 9.59 Å². The molecule has 5 heteroatoms. The number of hydrogen-bond acceptors (Lipinski definition) is 4. The third-order valence-corrected chi connectivity index (χ3v) is 3.32. The van der Waals surface area contributed by atoms with Crippen molar-refractivity contribution in [1.82, 2.24) is 0 Å². The highest BCUT2D eigenvalue weighted by Gasteiger charge is 2.37. The Morgan fingerprint density at radius 3 is 2.69 bits per heavy atom. The van der Waals surface area contributed by atoms with Crippen LogP contribution in [0.1, 0.15) is 20.3 Å². The Hall–Kier alpha value is -0.710. The summed E-state index contributed by atoms with van der Waals surface area (Å²) in [6.07, 6.45) is 0.611. The van der Waals surface area contributed by atoms with Crippen LogP contribution in [0.25, 0.3) is 0 Å². The van der Waals surface area contributed by atoms with Crippen LogP contribution in [-0.4, -0.2) is 33.6 Å². The summed E-state index contributed by atoms with van der Waals surface area (Å²) in [5, 5.41) is 8.50. The Labute approximate surface area is 80.6 Å². The van der Waals surface area contributed by atoms with Gasteiger partial charge in [-0.15, -0.1) is 11.8 Å². The van der Waals surface area contributed by atoms with Gasteiger partial charge in [-0.25, -0.2) is 0 Å². The molecule has 1 rings (SSSR count). The van der Waals surface area contributed by atoms with E-state index >= 15 is 0 Å². The van der Waals surface area contributed by atoms with Gasteiger partial charge < -0.3 is 9.84 Å². The lowest BCUT2D eigenvalue weighted by Gasteiger charge is -2.20. The Balaban J connectivity index is 2.57. The van der Waals surface area contributed by atoms with Gasteiger partial charge in [0.2, 0.25) is 0 Å². The summed E-state index contributed by atoms with van der Waals surface area (Å²) in [7, 11) is 0. The van der Waals surface area contributed by atoms with Crippen LogP contribution in [0.3, 0.4) is 0 Å². The largest absolute Gasteiger partial charge is 0.480 e. The normalized spacial score (nSPS) is 22.9. The molecule has 13 heavy (non-hydrogen) atoms. The van der Waals surface area contributed by atoms with Gasteiger partial charge in [0.1, 0.15) is 10.00 Å². The number of ether oxygens (including phenoxy) is 1. The summed E-state index contributed by atoms with van der Waals surface area (Å²) < 4.78 is 3.82. The second-order valence-electron chi connectivity index (χ2n) is 3.38. The van der Waals surface area contributed by atoms with E-state index in [0.717, 1.165) is 11.8 Å². The van der Waals surface area contributed by atoms with Gasteiger partial charge in [-0.3, -0.25) is 9.59 Å². The van der Waals surface area contributed by atoms with Gasteiger partial charge in [0.15, 0.2) is 0 Å². The number of cyclic esters (lactones) is 1. The van der Waals surface area contributed by atoms with Gasteiger partial charge in [-0.2, -0.15) is 0 Å². The molecular weight excluding hydrogens is 192 g/mol. The van der Waals surface area contributed by atoms with Gasteiger partial charge in [0.25, 0.3) is 0 Å². The molecule has 1 unspecified atom stereocenters. The third kappa shape index (κ3) is 2.37. The Bertz CT molecular complexity index is 236. The minimum atomic E-state index is -0.923. The average molecular weight is 204 g/mol. The second kappa shape index (κ2) is 3.57. The topological polar surface area (TPSA) is 63.6 Å². The smallest absolute Gasteiger partial charge is 0.319 e. The zero-order valence-corrected chi connectivity index (χ0v) is 8.39. The fourth-order valence-electron chi connectivity index (χ4n) is 0.990. The van der Waals surface area contributed by atoms with Gasteiger partial charge >= 0.3 is 11.9 Å². The van der Waals surface area contributed by atoms with Crippen molar-refractivity contribution in [2.24, 2.45) is 0 Å². The first-order chi connectivity index (χ1) is 5.93. The number of hydrogen-bond donors (Lipinski definition) is 1. The highest BCUT2D eigenvalue weighted by atomic mass is 32.2. The molecule has 0 bridgehead atoms. The maximum atomic E-state index is 11.0. The predicted octanol–water partition coefficient (Wildman–Crippen LogP) is 0.898. The molecule has 4 nitrogen and oxygen atoms in total. The molecule has 0 aromatic rings. The maximum absolute atomic E-state index is 11.0. The van der Waals surface area contributed by atoms with E-state index < -0.39 is 10.7 Å². The van der Waals surface area contributed by atoms with Crippen LogP contribution >= 0.6 is 11.8 Å². The third-order valence-electron chi connectivity index (χ3n) is 1.84. The van der Waals surface area contributed by atoms with Gasteiger partial charge in [-0.1, -0.05) is 0 Å². The lowest BCUT2D eigenvalue weighted by atomic mass is 10.2. The molecule has 74 valence electrons. The molecule has 1 aliphatic heterocycles. The van der Waals surface area contributed by atoms with Crippen LogP contribution in [0.5, 0.6) is 0 Å². The van der Waals surface area contributed by atoms with E-state index in [1.807, 2.05) is 0 Å². The van der Waals surface area contributed by atoms with Crippen molar-refractivity contribution in [2.75, 3.05) is 6.61 Å². The number of carbonyl (C=O) groups excluding carboxylic acids is 1. The highest BCUT2D eigenvalue weighted by Crippen LogP contribution is 2.33. The van der Waals surface area contributed by atoms with Crippen LogP contribution < -0.4 is 0 Å².